The predicted molar refractivity (Wildman–Crippen MR) is 276 cm³/mol. The predicted octanol–water partition coefficient (Wildman–Crippen LogP) is 7.09. The molecule has 2 heterocycles. The molecule has 0 N–H and O–H groups in total. The van der Waals surface area contributed by atoms with E-state index in [0.717, 1.165) is 12.1 Å². The minimum absolute atomic E-state index is 0. The molecule has 0 aliphatic carbocycles. The van der Waals surface area contributed by atoms with Crippen LogP contribution in [0.2, 0.25) is 0 Å². The van der Waals surface area contributed by atoms with E-state index >= 15 is 0 Å². The molecule has 29 heteroatoms. The number of nitrogens with zero attached hydrogens (tertiary/aromatic N) is 2. The van der Waals surface area contributed by atoms with E-state index < -0.39 is 128 Å². The average molecular weight is 1220 g/mol. The molecule has 5 aromatic rings. The molecule has 7 rings (SSSR count). The molecule has 2 aliphatic heterocycles. The second kappa shape index (κ2) is 23.1. The minimum atomic E-state index is -5.43. The molecule has 20 nitrogen and oxygen atoms in total. The Hall–Kier alpha value is -5.99. The Morgan fingerprint density at radius 3 is 1.74 bits per heavy atom. The number of carbonyl (C=O) groups is 1. The third-order valence-electron chi connectivity index (χ3n) is 13.6. The number of benzene rings is 5. The van der Waals surface area contributed by atoms with E-state index in [1.165, 1.54) is 43.5 Å². The monoisotopic (exact) mass is 1210 g/mol. The third-order valence-corrected chi connectivity index (χ3v) is 17.8. The number of hydrogen-bond acceptors (Lipinski definition) is 19. The van der Waals surface area contributed by atoms with E-state index in [0.29, 0.717) is 34.9 Å². The Morgan fingerprint density at radius 2 is 1.21 bits per heavy atom. The smallest absolute Gasteiger partial charge is 0.311 e. The summed E-state index contributed by atoms with van der Waals surface area (Å²) < 4.78 is 253. The first-order valence-electron chi connectivity index (χ1n) is 23.5. The van der Waals surface area contributed by atoms with Gasteiger partial charge < -0.3 is 37.1 Å². The summed E-state index contributed by atoms with van der Waals surface area (Å²) in [6.07, 6.45) is 7.36. The van der Waals surface area contributed by atoms with Crippen molar-refractivity contribution in [3.63, 3.8) is 0 Å². The zero-order valence-electron chi connectivity index (χ0n) is 41.9. The number of rotatable bonds is 21. The van der Waals surface area contributed by atoms with Gasteiger partial charge in [0.25, 0.3) is 0 Å². The van der Waals surface area contributed by atoms with Crippen LogP contribution in [-0.4, -0.2) is 114 Å². The lowest BCUT2D eigenvalue weighted by atomic mass is 9.75. The number of unbranched alkanes of at least 4 members (excludes halogenated alkanes) is 2. The molecule has 2 aliphatic rings. The van der Waals surface area contributed by atoms with E-state index in [2.05, 4.69) is 4.74 Å². The van der Waals surface area contributed by atoms with Crippen molar-refractivity contribution in [2.24, 2.45) is 0 Å². The van der Waals surface area contributed by atoms with E-state index in [4.69, 9.17) is 4.74 Å². The molecule has 1 atom stereocenters. The molecule has 0 aromatic heterocycles. The number of ether oxygens (including phenoxy) is 2. The van der Waals surface area contributed by atoms with Gasteiger partial charge in [-0.3, -0.25) is 4.79 Å². The van der Waals surface area contributed by atoms with Crippen LogP contribution in [0.1, 0.15) is 77.8 Å². The molecular formula is C51H50F4N2O18S5-4. The summed E-state index contributed by atoms with van der Waals surface area (Å²) >= 11 is 0. The van der Waals surface area contributed by atoms with Gasteiger partial charge in [-0.2, -0.15) is 13.4 Å². The van der Waals surface area contributed by atoms with Crippen LogP contribution in [0, 0.1) is 23.3 Å². The first-order valence-corrected chi connectivity index (χ1v) is 30.7. The zero-order valence-corrected chi connectivity index (χ0v) is 46.0. The summed E-state index contributed by atoms with van der Waals surface area (Å²) in [4.78, 5) is 10.2. The van der Waals surface area contributed by atoms with Crippen LogP contribution in [0.5, 0.6) is 5.75 Å². The Bertz CT molecular complexity index is 4060. The number of halogens is 4. The van der Waals surface area contributed by atoms with E-state index in [9.17, 15) is 87.2 Å². The number of methoxy groups -OCH3 is 1. The molecule has 0 spiro atoms. The highest BCUT2D eigenvalue weighted by Crippen LogP contribution is 2.54. The molecule has 0 saturated carbocycles. The fourth-order valence-electron chi connectivity index (χ4n) is 10.2. The lowest BCUT2D eigenvalue weighted by molar-refractivity contribution is -0.438. The van der Waals surface area contributed by atoms with Crippen LogP contribution in [-0.2, 0) is 71.0 Å². The average Bonchev–Trinajstić information content (AvgIpc) is 3.70. The molecule has 5 aromatic carbocycles. The lowest BCUT2D eigenvalue weighted by Crippen LogP contribution is -2.31. The van der Waals surface area contributed by atoms with Crippen molar-refractivity contribution in [3.8, 4) is 5.75 Å². The summed E-state index contributed by atoms with van der Waals surface area (Å²) in [6, 6.07) is 8.16. The van der Waals surface area contributed by atoms with Gasteiger partial charge in [-0.25, -0.2) is 50.9 Å². The Morgan fingerprint density at radius 1 is 0.662 bits per heavy atom. The second-order valence-electron chi connectivity index (χ2n) is 19.2. The molecule has 80 heavy (non-hydrogen) atoms. The Kier molecular flexibility index (Phi) is 18.3. The topological polar surface area (TPSA) is 328 Å². The standard InChI is InChI=1S/C50H50F4N2O18S5.CH4/c1-49(2)41(12-7-5-8-13-42-50(3,19-11-23-75(58,59)60)45-34-25-30(77(64,65)66)27-40(79(70,71)72)32(34)16-18-38(45)56(42)21-22-73-4)55(20-10-6-9-14-43(57)74-48-46(53)35(51)28-36(52)47(48)54)37-17-15-31-33(44(37)49)24-29(76(61,62)63)26-39(31)78(67,68)69;/h5,7-8,12-13,15-18,24-28H,6,9-11,14,19-23H2,1-4H3,(H4-,58,59,60,61,62,63,64,65,66,67,68,69,70,71,72);1H4/p-4. The number of esters is 1. The Labute approximate surface area is 459 Å². The fraction of sp³-hybridized carbons (Fsp3) is 0.333. The van der Waals surface area contributed by atoms with Crippen LogP contribution in [0.3, 0.4) is 0 Å². The molecule has 0 bridgehead atoms. The van der Waals surface area contributed by atoms with E-state index in [1.54, 1.807) is 48.5 Å². The van der Waals surface area contributed by atoms with Crippen molar-refractivity contribution in [3.05, 3.63) is 125 Å². The first kappa shape index (κ1) is 63.2. The van der Waals surface area contributed by atoms with Crippen LogP contribution < -0.4 is 9.64 Å². The highest BCUT2D eigenvalue weighted by Gasteiger charge is 2.47. The van der Waals surface area contributed by atoms with Gasteiger partial charge >= 0.3 is 5.97 Å². The maximum absolute atomic E-state index is 14.2. The molecule has 0 amide bonds. The van der Waals surface area contributed by atoms with Crippen molar-refractivity contribution in [1.29, 1.82) is 0 Å². The zero-order chi connectivity index (χ0) is 58.6. The van der Waals surface area contributed by atoms with Crippen LogP contribution in [0.15, 0.2) is 110 Å². The van der Waals surface area contributed by atoms with Gasteiger partial charge in [0.05, 0.1) is 41.7 Å². The van der Waals surface area contributed by atoms with Crippen LogP contribution in [0.4, 0.5) is 28.9 Å². The fourth-order valence-corrected chi connectivity index (χ4v) is 13.4. The molecule has 434 valence electrons. The minimum Gasteiger partial charge on any atom is -0.748 e. The van der Waals surface area contributed by atoms with Gasteiger partial charge in [0.15, 0.2) is 17.3 Å². The molecule has 1 unspecified atom stereocenters. The van der Waals surface area contributed by atoms with E-state index in [1.807, 2.05) is 0 Å². The first-order chi connectivity index (χ1) is 36.5. The van der Waals surface area contributed by atoms with Gasteiger partial charge in [0, 0.05) is 78.2 Å². The number of allylic oxidation sites excluding steroid dienone is 6. The van der Waals surface area contributed by atoms with Crippen molar-refractivity contribution in [2.75, 3.05) is 37.5 Å². The van der Waals surface area contributed by atoms with E-state index in [-0.39, 0.29) is 98.0 Å². The summed E-state index contributed by atoms with van der Waals surface area (Å²) in [5, 5.41) is -0.682. The number of fused-ring (bicyclic) bond motifs is 6. The number of anilines is 1. The molecular weight excluding hydrogens is 1160 g/mol. The van der Waals surface area contributed by atoms with Crippen molar-refractivity contribution < 1.29 is 101 Å². The maximum atomic E-state index is 14.2. The highest BCUT2D eigenvalue weighted by molar-refractivity contribution is 7.87. The number of hydrogen-bond donors (Lipinski definition) is 0. The van der Waals surface area contributed by atoms with Crippen LogP contribution in [0.25, 0.3) is 21.5 Å². The largest absolute Gasteiger partial charge is 0.748 e. The quantitative estimate of drug-likeness (QED) is 0.0103. The third kappa shape index (κ3) is 12.9. The molecule has 0 fully saturated rings. The summed E-state index contributed by atoms with van der Waals surface area (Å²) in [5.41, 5.74) is -0.692. The van der Waals surface area contributed by atoms with Gasteiger partial charge in [-0.1, -0.05) is 31.7 Å². The molecule has 0 saturated heterocycles. The van der Waals surface area contributed by atoms with Gasteiger partial charge in [0.1, 0.15) is 47.0 Å². The van der Waals surface area contributed by atoms with Gasteiger partial charge in [0.2, 0.25) is 23.1 Å². The maximum Gasteiger partial charge on any atom is 0.311 e. The summed E-state index contributed by atoms with van der Waals surface area (Å²) in [6.45, 7) is 5.16. The lowest BCUT2D eigenvalue weighted by Gasteiger charge is -2.31. The van der Waals surface area contributed by atoms with Crippen molar-refractivity contribution in [2.45, 2.75) is 97.1 Å². The summed E-state index contributed by atoms with van der Waals surface area (Å²) in [5.74, 6) is -11.0. The summed E-state index contributed by atoms with van der Waals surface area (Å²) in [7, 11) is -25.0. The van der Waals surface area contributed by atoms with Crippen molar-refractivity contribution in [1.82, 2.24) is 0 Å². The van der Waals surface area contributed by atoms with Crippen LogP contribution >= 0.6 is 0 Å². The van der Waals surface area contributed by atoms with Gasteiger partial charge in [-0.05, 0) is 111 Å². The normalized spacial score (nSPS) is 17.3. The second-order valence-corrected chi connectivity index (χ2v) is 26.1. The molecule has 0 radical (unpaired) electrons. The van der Waals surface area contributed by atoms with Crippen molar-refractivity contribution >= 4 is 95.2 Å². The number of carbonyl (C=O) groups excluding carboxylic acids is 1. The van der Waals surface area contributed by atoms with Gasteiger partial charge in [-0.15, -0.1) is 0 Å². The highest BCUT2D eigenvalue weighted by atomic mass is 32.2. The SMILES string of the molecule is C.COCCN1C(=CC=CC=CC2=[N+](CCCCCC(=O)Oc3c(F)c(F)cc(F)c3F)c3ccc4c(S(=O)(=O)[O-])cc(S(=O)(=O)[O-])cc4c3C2(C)C)C(C)(CCCS(=O)(=O)[O-])c2c1ccc1c(S(=O)(=O)[O-])cc(S(=O)(=O)[O-])cc21. The Balaban J connectivity index is 0.0000103.